The van der Waals surface area contributed by atoms with Crippen molar-refractivity contribution in [2.24, 2.45) is 5.73 Å². The van der Waals surface area contributed by atoms with Gasteiger partial charge in [0.1, 0.15) is 5.78 Å². The van der Waals surface area contributed by atoms with Crippen molar-refractivity contribution in [3.63, 3.8) is 0 Å². The van der Waals surface area contributed by atoms with Gasteiger partial charge in [0.15, 0.2) is 0 Å². The molecule has 8 heavy (non-hydrogen) atoms. The number of rotatable bonds is 2. The van der Waals surface area contributed by atoms with Crippen molar-refractivity contribution in [3.05, 3.63) is 0 Å². The molecule has 0 aliphatic heterocycles. The van der Waals surface area contributed by atoms with Gasteiger partial charge in [0.2, 0.25) is 0 Å². The SMILES string of the molecule is CC(=O)CC(C)(C)N. The van der Waals surface area contributed by atoms with Crippen LogP contribution in [0, 0.1) is 0 Å². The number of nitrogens with two attached hydrogens (primary N) is 1. The van der Waals surface area contributed by atoms with Crippen LogP contribution in [0.2, 0.25) is 0 Å². The van der Waals surface area contributed by atoms with Crippen LogP contribution < -0.4 is 5.73 Å². The minimum Gasteiger partial charge on any atom is -0.325 e. The van der Waals surface area contributed by atoms with E-state index in [4.69, 9.17) is 5.73 Å². The van der Waals surface area contributed by atoms with E-state index >= 15 is 0 Å². The standard InChI is InChI=1S/C6H13NO/c1-5(8)4-6(2,3)7/h4,7H2,1-3H3. The second kappa shape index (κ2) is 2.27. The number of Topliss-reactive ketones (excluding diaryl/α,β-unsaturated/α-hetero) is 1. The molecule has 0 saturated carbocycles. The van der Waals surface area contributed by atoms with Crippen LogP contribution in [0.3, 0.4) is 0 Å². The minimum absolute atomic E-state index is 0.150. The fraction of sp³-hybridized carbons (Fsp3) is 0.833. The minimum atomic E-state index is -0.328. The Bertz CT molecular complexity index is 91.2. The molecule has 0 rings (SSSR count). The zero-order chi connectivity index (χ0) is 6.78. The van der Waals surface area contributed by atoms with E-state index < -0.39 is 0 Å². The van der Waals surface area contributed by atoms with Crippen molar-refractivity contribution in [3.8, 4) is 0 Å². The fourth-order valence-electron chi connectivity index (χ4n) is 0.642. The van der Waals surface area contributed by atoms with E-state index in [0.29, 0.717) is 6.42 Å². The summed E-state index contributed by atoms with van der Waals surface area (Å²) < 4.78 is 0. The molecule has 0 fully saturated rings. The van der Waals surface area contributed by atoms with Crippen LogP contribution in [0.5, 0.6) is 0 Å². The maximum absolute atomic E-state index is 10.4. The van der Waals surface area contributed by atoms with Gasteiger partial charge < -0.3 is 5.73 Å². The maximum Gasteiger partial charge on any atom is 0.131 e. The maximum atomic E-state index is 10.4. The lowest BCUT2D eigenvalue weighted by molar-refractivity contribution is -0.117. The molecule has 2 nitrogen and oxygen atoms in total. The van der Waals surface area contributed by atoms with E-state index in [1.807, 2.05) is 13.8 Å². The first kappa shape index (κ1) is 7.63. The summed E-state index contributed by atoms with van der Waals surface area (Å²) in [6.07, 6.45) is 0.465. The smallest absolute Gasteiger partial charge is 0.131 e. The zero-order valence-electron chi connectivity index (χ0n) is 5.69. The van der Waals surface area contributed by atoms with E-state index in [2.05, 4.69) is 0 Å². The van der Waals surface area contributed by atoms with Crippen molar-refractivity contribution in [1.29, 1.82) is 0 Å². The Labute approximate surface area is 50.1 Å². The van der Waals surface area contributed by atoms with Gasteiger partial charge in [-0.15, -0.1) is 0 Å². The first-order chi connectivity index (χ1) is 3.42. The Morgan fingerprint density at radius 2 is 2.00 bits per heavy atom. The van der Waals surface area contributed by atoms with Gasteiger partial charge in [-0.05, 0) is 20.8 Å². The number of carbonyl (C=O) groups is 1. The largest absolute Gasteiger partial charge is 0.325 e. The Balaban J connectivity index is 3.55. The third-order valence-electron chi connectivity index (χ3n) is 0.705. The third kappa shape index (κ3) is 5.63. The van der Waals surface area contributed by atoms with Crippen molar-refractivity contribution in [1.82, 2.24) is 0 Å². The van der Waals surface area contributed by atoms with E-state index in [1.165, 1.54) is 0 Å². The predicted octanol–water partition coefficient (Wildman–Crippen LogP) is 0.703. The van der Waals surface area contributed by atoms with Gasteiger partial charge in [0, 0.05) is 12.0 Å². The molecule has 0 spiro atoms. The second-order valence-corrected chi connectivity index (χ2v) is 2.87. The first-order valence-electron chi connectivity index (χ1n) is 2.70. The molecule has 0 unspecified atom stereocenters. The molecule has 0 atom stereocenters. The Hall–Kier alpha value is -0.370. The molecule has 0 aromatic carbocycles. The molecule has 2 N–H and O–H groups in total. The average Bonchev–Trinajstić information content (AvgIpc) is 1.21. The van der Waals surface area contributed by atoms with E-state index in [-0.39, 0.29) is 11.3 Å². The van der Waals surface area contributed by atoms with Gasteiger partial charge in [-0.25, -0.2) is 0 Å². The monoisotopic (exact) mass is 115 g/mol. The second-order valence-electron chi connectivity index (χ2n) is 2.87. The van der Waals surface area contributed by atoms with E-state index in [1.54, 1.807) is 6.92 Å². The molecule has 48 valence electrons. The van der Waals surface area contributed by atoms with Crippen LogP contribution in [-0.2, 0) is 4.79 Å². The van der Waals surface area contributed by atoms with Crippen LogP contribution in [-0.4, -0.2) is 11.3 Å². The lowest BCUT2D eigenvalue weighted by Gasteiger charge is -2.14. The van der Waals surface area contributed by atoms with E-state index in [9.17, 15) is 4.79 Å². The van der Waals surface area contributed by atoms with Crippen molar-refractivity contribution < 1.29 is 4.79 Å². The van der Waals surface area contributed by atoms with Gasteiger partial charge in [-0.2, -0.15) is 0 Å². The molecule has 0 aliphatic carbocycles. The summed E-state index contributed by atoms with van der Waals surface area (Å²) in [6.45, 7) is 5.23. The summed E-state index contributed by atoms with van der Waals surface area (Å²) in [5.41, 5.74) is 5.19. The van der Waals surface area contributed by atoms with Crippen LogP contribution in [0.25, 0.3) is 0 Å². The molecular weight excluding hydrogens is 102 g/mol. The Morgan fingerprint density at radius 1 is 1.62 bits per heavy atom. The van der Waals surface area contributed by atoms with Gasteiger partial charge in [-0.3, -0.25) is 4.79 Å². The summed E-state index contributed by atoms with van der Waals surface area (Å²) in [7, 11) is 0. The van der Waals surface area contributed by atoms with Crippen LogP contribution >= 0.6 is 0 Å². The van der Waals surface area contributed by atoms with Crippen molar-refractivity contribution in [2.45, 2.75) is 32.7 Å². The average molecular weight is 115 g/mol. The summed E-state index contributed by atoms with van der Waals surface area (Å²) in [6, 6.07) is 0. The highest BCUT2D eigenvalue weighted by molar-refractivity contribution is 5.76. The molecule has 0 bridgehead atoms. The molecule has 0 aromatic heterocycles. The summed E-state index contributed by atoms with van der Waals surface area (Å²) >= 11 is 0. The molecule has 2 heteroatoms. The predicted molar refractivity (Wildman–Crippen MR) is 33.6 cm³/mol. The van der Waals surface area contributed by atoms with Crippen LogP contribution in [0.1, 0.15) is 27.2 Å². The molecule has 0 saturated heterocycles. The molecule has 0 aromatic rings. The molecule has 0 aliphatic rings. The third-order valence-corrected chi connectivity index (χ3v) is 0.705. The first-order valence-corrected chi connectivity index (χ1v) is 2.70. The van der Waals surface area contributed by atoms with E-state index in [0.717, 1.165) is 0 Å². The molecule has 0 heterocycles. The normalized spacial score (nSPS) is 11.5. The number of ketones is 1. The van der Waals surface area contributed by atoms with Crippen LogP contribution in [0.15, 0.2) is 0 Å². The van der Waals surface area contributed by atoms with Crippen LogP contribution in [0.4, 0.5) is 0 Å². The Kier molecular flexibility index (Phi) is 2.16. The number of hydrogen-bond acceptors (Lipinski definition) is 2. The highest BCUT2D eigenvalue weighted by atomic mass is 16.1. The summed E-state index contributed by atoms with van der Waals surface area (Å²) in [5.74, 6) is 0.150. The highest BCUT2D eigenvalue weighted by Gasteiger charge is 2.11. The fourth-order valence-corrected chi connectivity index (χ4v) is 0.642. The quantitative estimate of drug-likeness (QED) is 0.575. The topological polar surface area (TPSA) is 43.1 Å². The van der Waals surface area contributed by atoms with Gasteiger partial charge >= 0.3 is 0 Å². The highest BCUT2D eigenvalue weighted by Crippen LogP contribution is 2.02. The van der Waals surface area contributed by atoms with Gasteiger partial charge in [0.25, 0.3) is 0 Å². The molecular formula is C6H13NO. The number of hydrogen-bond donors (Lipinski definition) is 1. The van der Waals surface area contributed by atoms with Crippen molar-refractivity contribution >= 4 is 5.78 Å². The summed E-state index contributed by atoms with van der Waals surface area (Å²) in [5, 5.41) is 0. The molecule has 0 radical (unpaired) electrons. The molecule has 0 amide bonds. The van der Waals surface area contributed by atoms with Gasteiger partial charge in [0.05, 0.1) is 0 Å². The lowest BCUT2D eigenvalue weighted by atomic mass is 10.0. The number of carbonyl (C=O) groups excluding carboxylic acids is 1. The van der Waals surface area contributed by atoms with Gasteiger partial charge in [-0.1, -0.05) is 0 Å². The van der Waals surface area contributed by atoms with Crippen molar-refractivity contribution in [2.75, 3.05) is 0 Å². The Morgan fingerprint density at radius 3 is 2.00 bits per heavy atom. The lowest BCUT2D eigenvalue weighted by Crippen LogP contribution is -2.33. The summed E-state index contributed by atoms with van der Waals surface area (Å²) in [4.78, 5) is 10.4. The zero-order valence-corrected chi connectivity index (χ0v) is 5.69.